The van der Waals surface area contributed by atoms with Crippen molar-refractivity contribution in [1.29, 1.82) is 0 Å². The van der Waals surface area contributed by atoms with Gasteiger partial charge in [-0.15, -0.1) is 0 Å². The average Bonchev–Trinajstić information content (AvgIpc) is 2.03. The topological polar surface area (TPSA) is 38.7 Å². The summed E-state index contributed by atoms with van der Waals surface area (Å²) in [5, 5.41) is 3.09. The number of hydrogen-bond donors (Lipinski definition) is 0. The molecule has 0 unspecified atom stereocenters. The zero-order valence-electron chi connectivity index (χ0n) is 5.88. The first-order valence-electron chi connectivity index (χ1n) is 3.66. The first-order chi connectivity index (χ1) is 4.93. The molecule has 0 N–H and O–H groups in total. The van der Waals surface area contributed by atoms with Crippen LogP contribution in [0.4, 0.5) is 0 Å². The fourth-order valence-corrected chi connectivity index (χ4v) is 1.27. The zero-order valence-corrected chi connectivity index (χ0v) is 5.88. The van der Waals surface area contributed by atoms with E-state index in [1.165, 1.54) is 25.3 Å². The minimum absolute atomic E-state index is 0.176. The van der Waals surface area contributed by atoms with Crippen molar-refractivity contribution in [2.45, 2.75) is 38.2 Å². The molecule has 3 heteroatoms. The third-order valence-electron chi connectivity index (χ3n) is 1.79. The minimum Gasteiger partial charge on any atom is -0.383 e. The molecule has 0 aromatic carbocycles. The largest absolute Gasteiger partial charge is 0.383 e. The minimum atomic E-state index is 0.176. The summed E-state index contributed by atoms with van der Waals surface area (Å²) in [4.78, 5) is 14.5. The highest BCUT2D eigenvalue weighted by molar-refractivity contribution is 5.31. The molecule has 56 valence electrons. The highest BCUT2D eigenvalue weighted by atomic mass is 16.6. The first kappa shape index (κ1) is 7.29. The Morgan fingerprint density at radius 1 is 1.30 bits per heavy atom. The van der Waals surface area contributed by atoms with E-state index in [0.717, 1.165) is 12.8 Å². The molecule has 1 saturated carbocycles. The van der Waals surface area contributed by atoms with Crippen molar-refractivity contribution in [2.24, 2.45) is 5.16 Å². The van der Waals surface area contributed by atoms with E-state index < -0.39 is 0 Å². The molecule has 1 aliphatic carbocycles. The molecule has 0 heterocycles. The van der Waals surface area contributed by atoms with E-state index in [4.69, 9.17) is 4.84 Å². The second-order valence-electron chi connectivity index (χ2n) is 2.55. The predicted octanol–water partition coefficient (Wildman–Crippen LogP) is 1.59. The summed E-state index contributed by atoms with van der Waals surface area (Å²) < 4.78 is 0. The van der Waals surface area contributed by atoms with Crippen LogP contribution < -0.4 is 0 Å². The maximum Gasteiger partial charge on any atom is 0.276 e. The molecule has 0 spiro atoms. The third kappa shape index (κ3) is 2.19. The number of carbonyl (C=O) groups excluding carboxylic acids is 1. The van der Waals surface area contributed by atoms with Gasteiger partial charge in [-0.25, -0.2) is 4.79 Å². The molecule has 0 aliphatic heterocycles. The van der Waals surface area contributed by atoms with Crippen LogP contribution in [-0.2, 0) is 9.63 Å². The van der Waals surface area contributed by atoms with Gasteiger partial charge in [0.05, 0.1) is 0 Å². The summed E-state index contributed by atoms with van der Waals surface area (Å²) in [7, 11) is 0. The Balaban J connectivity index is 2.19. The summed E-state index contributed by atoms with van der Waals surface area (Å²) >= 11 is 0. The molecule has 1 fully saturated rings. The fourth-order valence-electron chi connectivity index (χ4n) is 1.27. The van der Waals surface area contributed by atoms with E-state index >= 15 is 0 Å². The quantitative estimate of drug-likeness (QED) is 0.332. The van der Waals surface area contributed by atoms with Crippen molar-refractivity contribution in [2.75, 3.05) is 0 Å². The lowest BCUT2D eigenvalue weighted by Crippen LogP contribution is -2.13. The van der Waals surface area contributed by atoms with Gasteiger partial charge in [0.25, 0.3) is 6.08 Å². The van der Waals surface area contributed by atoms with Gasteiger partial charge in [0, 0.05) is 5.16 Å². The van der Waals surface area contributed by atoms with Gasteiger partial charge in [0.1, 0.15) is 6.10 Å². The van der Waals surface area contributed by atoms with Gasteiger partial charge in [-0.2, -0.15) is 0 Å². The molecule has 1 aliphatic rings. The van der Waals surface area contributed by atoms with Crippen LogP contribution in [0.25, 0.3) is 0 Å². The molecule has 10 heavy (non-hydrogen) atoms. The van der Waals surface area contributed by atoms with Crippen LogP contribution in [0, 0.1) is 0 Å². The van der Waals surface area contributed by atoms with Gasteiger partial charge in [0.15, 0.2) is 0 Å². The molecule has 1 rings (SSSR count). The van der Waals surface area contributed by atoms with Crippen LogP contribution in [0.1, 0.15) is 32.1 Å². The van der Waals surface area contributed by atoms with Crippen LogP contribution in [0.15, 0.2) is 5.16 Å². The monoisotopic (exact) mass is 141 g/mol. The molecule has 0 atom stereocenters. The van der Waals surface area contributed by atoms with Crippen molar-refractivity contribution >= 4 is 6.08 Å². The fraction of sp³-hybridized carbons (Fsp3) is 0.857. The van der Waals surface area contributed by atoms with Gasteiger partial charge in [-0.05, 0) is 25.7 Å². The van der Waals surface area contributed by atoms with Crippen molar-refractivity contribution in [3.8, 4) is 0 Å². The first-order valence-corrected chi connectivity index (χ1v) is 3.66. The Kier molecular flexibility index (Phi) is 2.97. The zero-order chi connectivity index (χ0) is 7.23. The van der Waals surface area contributed by atoms with E-state index in [9.17, 15) is 4.79 Å². The molecule has 0 amide bonds. The molecular weight excluding hydrogens is 130 g/mol. The van der Waals surface area contributed by atoms with Crippen LogP contribution in [0.2, 0.25) is 0 Å². The van der Waals surface area contributed by atoms with Gasteiger partial charge in [-0.3, -0.25) is 0 Å². The van der Waals surface area contributed by atoms with E-state index in [-0.39, 0.29) is 6.10 Å². The van der Waals surface area contributed by atoms with Gasteiger partial charge in [0.2, 0.25) is 0 Å². The molecule has 0 aromatic heterocycles. The standard InChI is InChI=1S/C7H11NO2/c9-6-8-10-7-4-2-1-3-5-7/h7H,1-5H2. The highest BCUT2D eigenvalue weighted by Crippen LogP contribution is 2.19. The van der Waals surface area contributed by atoms with Crippen LogP contribution in [0.3, 0.4) is 0 Å². The Labute approximate surface area is 60.0 Å². The maximum atomic E-state index is 9.63. The van der Waals surface area contributed by atoms with E-state index in [0.29, 0.717) is 0 Å². The van der Waals surface area contributed by atoms with Gasteiger partial charge in [-0.1, -0.05) is 6.42 Å². The lowest BCUT2D eigenvalue weighted by Gasteiger charge is -2.17. The summed E-state index contributed by atoms with van der Waals surface area (Å²) in [6.45, 7) is 0. The number of isocyanates is 1. The smallest absolute Gasteiger partial charge is 0.276 e. The average molecular weight is 141 g/mol. The second-order valence-corrected chi connectivity index (χ2v) is 2.55. The van der Waals surface area contributed by atoms with Crippen molar-refractivity contribution in [1.82, 2.24) is 0 Å². The summed E-state index contributed by atoms with van der Waals surface area (Å²) in [5.41, 5.74) is 0. The Hall–Kier alpha value is -0.820. The third-order valence-corrected chi connectivity index (χ3v) is 1.79. The number of rotatable bonds is 2. The molecule has 0 bridgehead atoms. The van der Waals surface area contributed by atoms with Gasteiger partial charge < -0.3 is 4.84 Å². The normalized spacial score (nSPS) is 19.6. The molecule has 0 aromatic rings. The Bertz CT molecular complexity index is 135. The lowest BCUT2D eigenvalue weighted by atomic mass is 9.98. The summed E-state index contributed by atoms with van der Waals surface area (Å²) in [6.07, 6.45) is 7.28. The van der Waals surface area contributed by atoms with E-state index in [1.807, 2.05) is 0 Å². The van der Waals surface area contributed by atoms with Gasteiger partial charge >= 0.3 is 0 Å². The predicted molar refractivity (Wildman–Crippen MR) is 36.1 cm³/mol. The lowest BCUT2D eigenvalue weighted by molar-refractivity contribution is 0.0328. The molecule has 0 saturated heterocycles. The van der Waals surface area contributed by atoms with E-state index in [2.05, 4.69) is 5.16 Å². The van der Waals surface area contributed by atoms with Crippen LogP contribution in [-0.4, -0.2) is 12.2 Å². The van der Waals surface area contributed by atoms with Crippen molar-refractivity contribution < 1.29 is 9.63 Å². The Morgan fingerprint density at radius 2 is 2.00 bits per heavy atom. The van der Waals surface area contributed by atoms with Crippen LogP contribution in [0.5, 0.6) is 0 Å². The van der Waals surface area contributed by atoms with E-state index in [1.54, 1.807) is 0 Å². The van der Waals surface area contributed by atoms with Crippen molar-refractivity contribution in [3.05, 3.63) is 0 Å². The maximum absolute atomic E-state index is 9.63. The SMILES string of the molecule is O=C=NOC1CCCCC1. The number of hydrogen-bond acceptors (Lipinski definition) is 3. The molecule has 3 nitrogen and oxygen atoms in total. The van der Waals surface area contributed by atoms with Crippen LogP contribution >= 0.6 is 0 Å². The molecular formula is C7H11NO2. The number of nitrogens with zero attached hydrogens (tertiary/aromatic N) is 1. The highest BCUT2D eigenvalue weighted by Gasteiger charge is 2.13. The Morgan fingerprint density at radius 3 is 2.60 bits per heavy atom. The van der Waals surface area contributed by atoms with Crippen molar-refractivity contribution in [3.63, 3.8) is 0 Å². The summed E-state index contributed by atoms with van der Waals surface area (Å²) in [5.74, 6) is 0. The summed E-state index contributed by atoms with van der Waals surface area (Å²) in [6, 6.07) is 0. The molecule has 0 radical (unpaired) electrons. The second kappa shape index (κ2) is 4.07.